The molecule has 1 N–H and O–H groups in total. The molecule has 0 heterocycles. The number of nitrogens with zero attached hydrogens (tertiary/aromatic N) is 1. The molecule has 1 rings (SSSR count). The molecular formula is C15H25NO3S2. The van der Waals surface area contributed by atoms with Gasteiger partial charge in [-0.2, -0.15) is 16.1 Å². The van der Waals surface area contributed by atoms with Crippen molar-refractivity contribution in [1.82, 2.24) is 4.31 Å². The third-order valence-corrected chi connectivity index (χ3v) is 6.58. The first-order valence-electron chi connectivity index (χ1n) is 6.97. The summed E-state index contributed by atoms with van der Waals surface area (Å²) in [6.45, 7) is 5.51. The largest absolute Gasteiger partial charge is 0.392 e. The summed E-state index contributed by atoms with van der Waals surface area (Å²) in [5.74, 6) is 0.768. The summed E-state index contributed by atoms with van der Waals surface area (Å²) in [6.07, 6.45) is 2.75. The molecule has 0 bridgehead atoms. The fourth-order valence-electron chi connectivity index (χ4n) is 2.35. The first-order valence-corrected chi connectivity index (χ1v) is 9.80. The van der Waals surface area contributed by atoms with Crippen LogP contribution in [0.3, 0.4) is 0 Å². The molecule has 4 nitrogen and oxygen atoms in total. The number of sulfonamides is 1. The summed E-state index contributed by atoms with van der Waals surface area (Å²) < 4.78 is 27.1. The second kappa shape index (κ2) is 7.63. The standard InChI is InChI=1S/C15H25NO3S2/c1-6-14(10-20-5)16(4)21(18,19)15-8-13(9-17)11(2)7-12(15)3/h7-8,14,17H,6,9-10H2,1-5H3. The zero-order chi connectivity index (χ0) is 16.2. The van der Waals surface area contributed by atoms with Crippen molar-refractivity contribution >= 4 is 21.8 Å². The van der Waals surface area contributed by atoms with Crippen molar-refractivity contribution in [2.24, 2.45) is 0 Å². The quantitative estimate of drug-likeness (QED) is 0.834. The van der Waals surface area contributed by atoms with E-state index in [2.05, 4.69) is 0 Å². The molecule has 1 unspecified atom stereocenters. The van der Waals surface area contributed by atoms with Crippen LogP contribution in [0, 0.1) is 13.8 Å². The fraction of sp³-hybridized carbons (Fsp3) is 0.600. The lowest BCUT2D eigenvalue weighted by atomic mass is 10.1. The second-order valence-corrected chi connectivity index (χ2v) is 8.12. The fourth-order valence-corrected chi connectivity index (χ4v) is 4.97. The Morgan fingerprint density at radius 1 is 1.29 bits per heavy atom. The minimum absolute atomic E-state index is 0.0247. The summed E-state index contributed by atoms with van der Waals surface area (Å²) in [5, 5.41) is 9.37. The molecule has 1 aromatic carbocycles. The first kappa shape index (κ1) is 18.5. The predicted octanol–water partition coefficient (Wildman–Crippen LogP) is 2.56. The lowest BCUT2D eigenvalue weighted by Crippen LogP contribution is -2.38. The topological polar surface area (TPSA) is 57.6 Å². The van der Waals surface area contributed by atoms with Crippen LogP contribution in [0.15, 0.2) is 17.0 Å². The predicted molar refractivity (Wildman–Crippen MR) is 89.2 cm³/mol. The van der Waals surface area contributed by atoms with E-state index < -0.39 is 10.0 Å². The van der Waals surface area contributed by atoms with Gasteiger partial charge in [-0.15, -0.1) is 0 Å². The highest BCUT2D eigenvalue weighted by atomic mass is 32.2. The van der Waals surface area contributed by atoms with E-state index in [1.807, 2.05) is 26.2 Å². The van der Waals surface area contributed by atoms with E-state index >= 15 is 0 Å². The van der Waals surface area contributed by atoms with Gasteiger partial charge >= 0.3 is 0 Å². The van der Waals surface area contributed by atoms with Gasteiger partial charge in [0, 0.05) is 18.8 Å². The van der Waals surface area contributed by atoms with Crippen molar-refractivity contribution in [3.8, 4) is 0 Å². The summed E-state index contributed by atoms with van der Waals surface area (Å²) in [6, 6.07) is 3.40. The number of thioether (sulfide) groups is 1. The lowest BCUT2D eigenvalue weighted by molar-refractivity contribution is 0.280. The van der Waals surface area contributed by atoms with E-state index in [9.17, 15) is 13.5 Å². The van der Waals surface area contributed by atoms with Crippen molar-refractivity contribution in [3.63, 3.8) is 0 Å². The van der Waals surface area contributed by atoms with E-state index in [0.717, 1.165) is 23.3 Å². The van der Waals surface area contributed by atoms with Crippen molar-refractivity contribution in [2.75, 3.05) is 19.1 Å². The number of aliphatic hydroxyl groups excluding tert-OH is 1. The molecule has 0 aromatic heterocycles. The highest BCUT2D eigenvalue weighted by molar-refractivity contribution is 7.98. The van der Waals surface area contributed by atoms with Gasteiger partial charge in [0.15, 0.2) is 0 Å². The Bertz CT molecular complexity index is 585. The molecule has 0 radical (unpaired) electrons. The molecule has 0 saturated carbocycles. The average Bonchev–Trinajstić information content (AvgIpc) is 2.43. The van der Waals surface area contributed by atoms with Gasteiger partial charge in [-0.3, -0.25) is 0 Å². The van der Waals surface area contributed by atoms with Crippen LogP contribution in [0.5, 0.6) is 0 Å². The number of hydrogen-bond acceptors (Lipinski definition) is 4. The van der Waals surface area contributed by atoms with Crippen LogP contribution >= 0.6 is 11.8 Å². The Morgan fingerprint density at radius 3 is 2.38 bits per heavy atom. The molecule has 0 saturated heterocycles. The molecule has 1 aromatic rings. The molecule has 120 valence electrons. The normalized spacial score (nSPS) is 13.7. The molecule has 0 aliphatic heterocycles. The van der Waals surface area contributed by atoms with Gasteiger partial charge in [-0.1, -0.05) is 13.0 Å². The van der Waals surface area contributed by atoms with Crippen molar-refractivity contribution in [1.29, 1.82) is 0 Å². The maximum atomic E-state index is 12.8. The third kappa shape index (κ3) is 4.00. The van der Waals surface area contributed by atoms with Crippen LogP contribution in [0.1, 0.15) is 30.0 Å². The monoisotopic (exact) mass is 331 g/mol. The number of benzene rings is 1. The van der Waals surface area contributed by atoms with Crippen molar-refractivity contribution < 1.29 is 13.5 Å². The number of aliphatic hydroxyl groups is 1. The summed E-state index contributed by atoms with van der Waals surface area (Å²) in [7, 11) is -1.91. The van der Waals surface area contributed by atoms with Gasteiger partial charge in [0.1, 0.15) is 0 Å². The van der Waals surface area contributed by atoms with Gasteiger partial charge in [0.2, 0.25) is 10.0 Å². The van der Waals surface area contributed by atoms with E-state index in [1.165, 1.54) is 4.31 Å². The van der Waals surface area contributed by atoms with E-state index in [1.54, 1.807) is 31.8 Å². The summed E-state index contributed by atoms with van der Waals surface area (Å²) in [4.78, 5) is 0.291. The van der Waals surface area contributed by atoms with Gasteiger partial charge in [0.25, 0.3) is 0 Å². The van der Waals surface area contributed by atoms with Gasteiger partial charge in [-0.05, 0) is 49.3 Å². The van der Waals surface area contributed by atoms with Crippen LogP contribution in [-0.4, -0.2) is 42.9 Å². The molecule has 0 aliphatic rings. The third-order valence-electron chi connectivity index (χ3n) is 3.81. The molecule has 6 heteroatoms. The summed E-state index contributed by atoms with van der Waals surface area (Å²) >= 11 is 1.64. The average molecular weight is 332 g/mol. The highest BCUT2D eigenvalue weighted by Gasteiger charge is 2.28. The van der Waals surface area contributed by atoms with E-state index in [0.29, 0.717) is 10.5 Å². The van der Waals surface area contributed by atoms with Crippen LogP contribution < -0.4 is 0 Å². The lowest BCUT2D eigenvalue weighted by Gasteiger charge is -2.27. The molecule has 0 amide bonds. The number of aryl methyl sites for hydroxylation is 2. The zero-order valence-corrected chi connectivity index (χ0v) is 15.0. The van der Waals surface area contributed by atoms with Crippen molar-refractivity contribution in [2.45, 2.75) is 44.7 Å². The van der Waals surface area contributed by atoms with Gasteiger partial charge in [-0.25, -0.2) is 8.42 Å². The number of hydrogen-bond donors (Lipinski definition) is 1. The number of rotatable bonds is 7. The molecule has 0 aliphatic carbocycles. The minimum Gasteiger partial charge on any atom is -0.392 e. The maximum absolute atomic E-state index is 12.8. The van der Waals surface area contributed by atoms with E-state index in [4.69, 9.17) is 0 Å². The van der Waals surface area contributed by atoms with Gasteiger partial charge in [0.05, 0.1) is 11.5 Å². The molecule has 21 heavy (non-hydrogen) atoms. The first-order chi connectivity index (χ1) is 9.79. The highest BCUT2D eigenvalue weighted by Crippen LogP contribution is 2.25. The Balaban J connectivity index is 3.30. The SMILES string of the molecule is CCC(CSC)N(C)S(=O)(=O)c1cc(CO)c(C)cc1C. The molecule has 1 atom stereocenters. The van der Waals surface area contributed by atoms with Crippen LogP contribution in [0.4, 0.5) is 0 Å². The Kier molecular flexibility index (Phi) is 6.71. The second-order valence-electron chi connectivity index (χ2n) is 5.24. The Hall–Kier alpha value is -0.560. The maximum Gasteiger partial charge on any atom is 0.243 e. The van der Waals surface area contributed by atoms with Crippen LogP contribution in [-0.2, 0) is 16.6 Å². The van der Waals surface area contributed by atoms with E-state index in [-0.39, 0.29) is 12.6 Å². The van der Waals surface area contributed by atoms with Gasteiger partial charge < -0.3 is 5.11 Å². The Labute approximate surface area is 132 Å². The summed E-state index contributed by atoms with van der Waals surface area (Å²) in [5.41, 5.74) is 2.29. The Morgan fingerprint density at radius 2 is 1.90 bits per heavy atom. The van der Waals surface area contributed by atoms with Crippen LogP contribution in [0.2, 0.25) is 0 Å². The smallest absolute Gasteiger partial charge is 0.243 e. The van der Waals surface area contributed by atoms with Crippen molar-refractivity contribution in [3.05, 3.63) is 28.8 Å². The van der Waals surface area contributed by atoms with Crippen LogP contribution in [0.25, 0.3) is 0 Å². The molecular weight excluding hydrogens is 306 g/mol. The molecule has 0 spiro atoms. The zero-order valence-electron chi connectivity index (χ0n) is 13.4. The minimum atomic E-state index is -3.54. The molecule has 0 fully saturated rings.